The number of rotatable bonds is 7. The molecule has 6 heteroatoms. The van der Waals surface area contributed by atoms with E-state index in [4.69, 9.17) is 21.1 Å². The van der Waals surface area contributed by atoms with E-state index in [9.17, 15) is 4.79 Å². The number of ether oxygens (including phenoxy) is 2. The summed E-state index contributed by atoms with van der Waals surface area (Å²) in [5.74, 6) is 1.51. The van der Waals surface area contributed by atoms with Gasteiger partial charge in [-0.25, -0.2) is 0 Å². The summed E-state index contributed by atoms with van der Waals surface area (Å²) in [6.07, 6.45) is 0. The van der Waals surface area contributed by atoms with Gasteiger partial charge in [0.15, 0.2) is 6.61 Å². The number of amides is 1. The Morgan fingerprint density at radius 2 is 1.63 bits per heavy atom. The van der Waals surface area contributed by atoms with Crippen molar-refractivity contribution in [2.45, 2.75) is 6.92 Å². The van der Waals surface area contributed by atoms with Crippen LogP contribution in [0.3, 0.4) is 0 Å². The molecule has 0 aliphatic carbocycles. The largest absolute Gasteiger partial charge is 0.491 e. The first-order chi connectivity index (χ1) is 13.1. The predicted molar refractivity (Wildman–Crippen MR) is 107 cm³/mol. The number of nitrogens with zero attached hydrogens (tertiary/aromatic N) is 2. The van der Waals surface area contributed by atoms with Gasteiger partial charge in [-0.05, 0) is 30.7 Å². The summed E-state index contributed by atoms with van der Waals surface area (Å²) < 4.78 is 11.4. The zero-order valence-electron chi connectivity index (χ0n) is 15.6. The molecular weight excluding hydrogens is 364 g/mol. The van der Waals surface area contributed by atoms with Gasteiger partial charge in [-0.1, -0.05) is 41.9 Å². The van der Waals surface area contributed by atoms with Gasteiger partial charge in [-0.15, -0.1) is 0 Å². The first-order valence-electron chi connectivity index (χ1n) is 9.19. The average Bonchev–Trinajstić information content (AvgIpc) is 2.69. The lowest BCUT2D eigenvalue weighted by Gasteiger charge is -2.34. The SMILES string of the molecule is Cc1ccccc1OCC(=O)N1CCN(CCOc2ccccc2Cl)CC1. The minimum Gasteiger partial charge on any atom is -0.491 e. The van der Waals surface area contributed by atoms with Crippen molar-refractivity contribution in [2.75, 3.05) is 45.9 Å². The lowest BCUT2D eigenvalue weighted by molar-refractivity contribution is -0.135. The number of para-hydroxylation sites is 2. The molecule has 3 rings (SSSR count). The number of aryl methyl sites for hydroxylation is 1. The molecule has 2 aromatic carbocycles. The molecule has 0 aromatic heterocycles. The fourth-order valence-corrected chi connectivity index (χ4v) is 3.21. The second kappa shape index (κ2) is 9.62. The molecule has 27 heavy (non-hydrogen) atoms. The molecule has 0 radical (unpaired) electrons. The Morgan fingerprint density at radius 3 is 2.33 bits per heavy atom. The Balaban J connectivity index is 1.36. The van der Waals surface area contributed by atoms with E-state index in [1.54, 1.807) is 0 Å². The first kappa shape index (κ1) is 19.5. The minimum absolute atomic E-state index is 0.0326. The summed E-state index contributed by atoms with van der Waals surface area (Å²) in [5, 5.41) is 0.626. The second-order valence-electron chi connectivity index (χ2n) is 6.56. The molecule has 1 heterocycles. The number of carbonyl (C=O) groups excluding carboxylic acids is 1. The van der Waals surface area contributed by atoms with Crippen molar-refractivity contribution in [1.82, 2.24) is 9.80 Å². The van der Waals surface area contributed by atoms with E-state index >= 15 is 0 Å². The molecule has 1 fully saturated rings. The molecule has 1 saturated heterocycles. The van der Waals surface area contributed by atoms with Crippen LogP contribution >= 0.6 is 11.6 Å². The van der Waals surface area contributed by atoms with Gasteiger partial charge in [0.05, 0.1) is 5.02 Å². The second-order valence-corrected chi connectivity index (χ2v) is 6.96. The number of benzene rings is 2. The summed E-state index contributed by atoms with van der Waals surface area (Å²) in [6.45, 7) is 6.54. The van der Waals surface area contributed by atoms with E-state index in [-0.39, 0.29) is 12.5 Å². The molecule has 1 amide bonds. The van der Waals surface area contributed by atoms with Crippen LogP contribution in [0.4, 0.5) is 0 Å². The highest BCUT2D eigenvalue weighted by Gasteiger charge is 2.21. The van der Waals surface area contributed by atoms with E-state index in [1.807, 2.05) is 60.4 Å². The third-order valence-electron chi connectivity index (χ3n) is 4.67. The summed E-state index contributed by atoms with van der Waals surface area (Å²) in [6, 6.07) is 15.2. The van der Waals surface area contributed by atoms with Crippen LogP contribution in [-0.2, 0) is 4.79 Å². The highest BCUT2D eigenvalue weighted by atomic mass is 35.5. The molecular formula is C21H25ClN2O3. The molecule has 2 aromatic rings. The Morgan fingerprint density at radius 1 is 0.963 bits per heavy atom. The summed E-state index contributed by atoms with van der Waals surface area (Å²) in [4.78, 5) is 16.5. The zero-order chi connectivity index (χ0) is 19.1. The molecule has 0 N–H and O–H groups in total. The van der Waals surface area contributed by atoms with Crippen LogP contribution in [0.2, 0.25) is 5.02 Å². The zero-order valence-corrected chi connectivity index (χ0v) is 16.3. The Labute approximate surface area is 165 Å². The molecule has 0 atom stereocenters. The average molecular weight is 389 g/mol. The van der Waals surface area contributed by atoms with Gasteiger partial charge < -0.3 is 14.4 Å². The third kappa shape index (κ3) is 5.62. The van der Waals surface area contributed by atoms with E-state index in [1.165, 1.54) is 0 Å². The topological polar surface area (TPSA) is 42.0 Å². The van der Waals surface area contributed by atoms with Crippen molar-refractivity contribution in [1.29, 1.82) is 0 Å². The Hall–Kier alpha value is -2.24. The molecule has 5 nitrogen and oxygen atoms in total. The lowest BCUT2D eigenvalue weighted by Crippen LogP contribution is -2.50. The molecule has 144 valence electrons. The molecule has 0 bridgehead atoms. The van der Waals surface area contributed by atoms with Gasteiger partial charge in [0, 0.05) is 32.7 Å². The maximum atomic E-state index is 12.4. The van der Waals surface area contributed by atoms with Gasteiger partial charge in [-0.3, -0.25) is 9.69 Å². The van der Waals surface area contributed by atoms with E-state index < -0.39 is 0 Å². The van der Waals surface area contributed by atoms with E-state index in [0.29, 0.717) is 30.5 Å². The number of halogens is 1. The van der Waals surface area contributed by atoms with Crippen LogP contribution in [0.25, 0.3) is 0 Å². The van der Waals surface area contributed by atoms with E-state index in [0.717, 1.165) is 30.9 Å². The number of hydrogen-bond donors (Lipinski definition) is 0. The van der Waals surface area contributed by atoms with Crippen molar-refractivity contribution in [3.05, 3.63) is 59.1 Å². The third-order valence-corrected chi connectivity index (χ3v) is 4.98. The molecule has 0 unspecified atom stereocenters. The smallest absolute Gasteiger partial charge is 0.260 e. The highest BCUT2D eigenvalue weighted by Crippen LogP contribution is 2.23. The van der Waals surface area contributed by atoms with Crippen molar-refractivity contribution >= 4 is 17.5 Å². The van der Waals surface area contributed by atoms with E-state index in [2.05, 4.69) is 4.90 Å². The molecule has 1 aliphatic heterocycles. The van der Waals surface area contributed by atoms with Gasteiger partial charge >= 0.3 is 0 Å². The predicted octanol–water partition coefficient (Wildman–Crippen LogP) is 3.25. The van der Waals surface area contributed by atoms with Crippen LogP contribution < -0.4 is 9.47 Å². The fraction of sp³-hybridized carbons (Fsp3) is 0.381. The standard InChI is InChI=1S/C21H25ClN2O3/c1-17-6-2-4-8-19(17)27-16-21(25)24-12-10-23(11-13-24)14-15-26-20-9-5-3-7-18(20)22/h2-9H,10-16H2,1H3. The summed E-state index contributed by atoms with van der Waals surface area (Å²) >= 11 is 6.09. The minimum atomic E-state index is 0.0326. The van der Waals surface area contributed by atoms with Gasteiger partial charge in [0.2, 0.25) is 0 Å². The van der Waals surface area contributed by atoms with Gasteiger partial charge in [-0.2, -0.15) is 0 Å². The van der Waals surface area contributed by atoms with Crippen LogP contribution in [0, 0.1) is 6.92 Å². The lowest BCUT2D eigenvalue weighted by atomic mass is 10.2. The van der Waals surface area contributed by atoms with Crippen molar-refractivity contribution < 1.29 is 14.3 Å². The fourth-order valence-electron chi connectivity index (χ4n) is 3.02. The highest BCUT2D eigenvalue weighted by molar-refractivity contribution is 6.32. The van der Waals surface area contributed by atoms with Gasteiger partial charge in [0.25, 0.3) is 5.91 Å². The summed E-state index contributed by atoms with van der Waals surface area (Å²) in [5.41, 5.74) is 1.04. The number of carbonyl (C=O) groups is 1. The molecule has 0 spiro atoms. The molecule has 1 aliphatic rings. The van der Waals surface area contributed by atoms with Crippen molar-refractivity contribution in [3.63, 3.8) is 0 Å². The van der Waals surface area contributed by atoms with Crippen molar-refractivity contribution in [2.24, 2.45) is 0 Å². The Bertz CT molecular complexity index is 761. The monoisotopic (exact) mass is 388 g/mol. The molecule has 0 saturated carbocycles. The van der Waals surface area contributed by atoms with Crippen molar-refractivity contribution in [3.8, 4) is 11.5 Å². The maximum Gasteiger partial charge on any atom is 0.260 e. The normalized spacial score (nSPS) is 14.8. The summed E-state index contributed by atoms with van der Waals surface area (Å²) in [7, 11) is 0. The number of piperazine rings is 1. The van der Waals surface area contributed by atoms with Crippen LogP contribution in [0.15, 0.2) is 48.5 Å². The first-order valence-corrected chi connectivity index (χ1v) is 9.57. The maximum absolute atomic E-state index is 12.4. The van der Waals surface area contributed by atoms with Crippen LogP contribution in [0.5, 0.6) is 11.5 Å². The quantitative estimate of drug-likeness (QED) is 0.730. The Kier molecular flexibility index (Phi) is 6.96. The number of hydrogen-bond acceptors (Lipinski definition) is 4. The van der Waals surface area contributed by atoms with Crippen LogP contribution in [-0.4, -0.2) is 61.6 Å². The van der Waals surface area contributed by atoms with Gasteiger partial charge in [0.1, 0.15) is 18.1 Å². The van der Waals surface area contributed by atoms with Crippen LogP contribution in [0.1, 0.15) is 5.56 Å².